The number of ether oxygens (including phenoxy) is 1. The van der Waals surface area contributed by atoms with Crippen LogP contribution < -0.4 is 15.9 Å². The van der Waals surface area contributed by atoms with E-state index in [2.05, 4.69) is 30.2 Å². The van der Waals surface area contributed by atoms with Crippen LogP contribution in [0.4, 0.5) is 25.1 Å². The minimum atomic E-state index is -4.71. The van der Waals surface area contributed by atoms with Crippen molar-refractivity contribution in [3.8, 4) is 5.75 Å². The molecule has 0 radical (unpaired) electrons. The van der Waals surface area contributed by atoms with E-state index in [9.17, 15) is 13.2 Å². The average molecular weight is 298 g/mol. The van der Waals surface area contributed by atoms with Crippen LogP contribution in [0, 0.1) is 0 Å². The summed E-state index contributed by atoms with van der Waals surface area (Å²) in [6.45, 7) is 0. The van der Waals surface area contributed by atoms with Crippen LogP contribution in [-0.4, -0.2) is 27.5 Å². The number of anilines is 2. The number of benzene rings is 1. The molecule has 0 atom stereocenters. The molecule has 0 saturated carbocycles. The summed E-state index contributed by atoms with van der Waals surface area (Å²) < 4.78 is 39.7. The van der Waals surface area contributed by atoms with E-state index in [-0.39, 0.29) is 17.6 Å². The summed E-state index contributed by atoms with van der Waals surface area (Å²) in [7, 11) is 0. The van der Waals surface area contributed by atoms with E-state index in [0.29, 0.717) is 5.56 Å². The highest BCUT2D eigenvalue weighted by Crippen LogP contribution is 2.22. The molecule has 21 heavy (non-hydrogen) atoms. The van der Waals surface area contributed by atoms with Crippen molar-refractivity contribution in [3.05, 3.63) is 36.2 Å². The number of alkyl halides is 3. The maximum Gasteiger partial charge on any atom is 0.573 e. The van der Waals surface area contributed by atoms with Crippen molar-refractivity contribution in [2.24, 2.45) is 5.10 Å². The molecular weight excluding hydrogens is 289 g/mol. The Morgan fingerprint density at radius 3 is 2.52 bits per heavy atom. The van der Waals surface area contributed by atoms with E-state index < -0.39 is 6.36 Å². The largest absolute Gasteiger partial charge is 0.573 e. The maximum atomic E-state index is 12.0. The summed E-state index contributed by atoms with van der Waals surface area (Å²) in [5, 5.41) is 3.81. The van der Waals surface area contributed by atoms with Gasteiger partial charge in [-0.1, -0.05) is 0 Å². The second-order valence-electron chi connectivity index (χ2n) is 3.65. The zero-order chi connectivity index (χ0) is 15.3. The van der Waals surface area contributed by atoms with Crippen LogP contribution in [0.1, 0.15) is 5.56 Å². The standard InChI is InChI=1S/C11H9F3N6O/c12-11(13,14)21-8-3-1-7(2-4-8)5-18-20-10-17-6-16-9(15)19-10/h1-6H,(H3,15,16,17,19,20). The lowest BCUT2D eigenvalue weighted by Gasteiger charge is -2.08. The second-order valence-corrected chi connectivity index (χ2v) is 3.65. The molecule has 2 aromatic rings. The molecule has 2 rings (SSSR count). The van der Waals surface area contributed by atoms with Gasteiger partial charge in [-0.25, -0.2) is 10.4 Å². The van der Waals surface area contributed by atoms with Crippen molar-refractivity contribution in [2.45, 2.75) is 6.36 Å². The van der Waals surface area contributed by atoms with E-state index in [4.69, 9.17) is 5.73 Å². The Morgan fingerprint density at radius 2 is 1.90 bits per heavy atom. The van der Waals surface area contributed by atoms with E-state index in [1.807, 2.05) is 0 Å². The number of nitrogens with two attached hydrogens (primary N) is 1. The van der Waals surface area contributed by atoms with E-state index in [1.165, 1.54) is 36.8 Å². The smallest absolute Gasteiger partial charge is 0.406 e. The van der Waals surface area contributed by atoms with Crippen molar-refractivity contribution in [3.63, 3.8) is 0 Å². The summed E-state index contributed by atoms with van der Waals surface area (Å²) in [4.78, 5) is 11.1. The molecule has 1 heterocycles. The van der Waals surface area contributed by atoms with E-state index in [0.717, 1.165) is 0 Å². The molecule has 0 amide bonds. The fraction of sp³-hybridized carbons (Fsp3) is 0.0909. The average Bonchev–Trinajstić information content (AvgIpc) is 2.39. The van der Waals surface area contributed by atoms with Crippen molar-refractivity contribution < 1.29 is 17.9 Å². The van der Waals surface area contributed by atoms with Gasteiger partial charge in [-0.15, -0.1) is 13.2 Å². The number of nitrogens with one attached hydrogen (secondary N) is 1. The lowest BCUT2D eigenvalue weighted by Crippen LogP contribution is -2.17. The van der Waals surface area contributed by atoms with Gasteiger partial charge >= 0.3 is 6.36 Å². The Bertz CT molecular complexity index is 629. The van der Waals surface area contributed by atoms with Crippen LogP contribution >= 0.6 is 0 Å². The van der Waals surface area contributed by atoms with Crippen LogP contribution in [0.15, 0.2) is 35.7 Å². The van der Waals surface area contributed by atoms with Crippen molar-refractivity contribution in [1.29, 1.82) is 0 Å². The molecule has 1 aromatic carbocycles. The van der Waals surface area contributed by atoms with Gasteiger partial charge in [0.2, 0.25) is 11.9 Å². The van der Waals surface area contributed by atoms with Gasteiger partial charge in [0.25, 0.3) is 0 Å². The highest BCUT2D eigenvalue weighted by Gasteiger charge is 2.30. The third-order valence-electron chi connectivity index (χ3n) is 2.08. The van der Waals surface area contributed by atoms with E-state index in [1.54, 1.807) is 0 Å². The number of hydrogen-bond acceptors (Lipinski definition) is 7. The van der Waals surface area contributed by atoms with Gasteiger partial charge in [-0.3, -0.25) is 0 Å². The first-order chi connectivity index (χ1) is 9.92. The third kappa shape index (κ3) is 4.93. The molecule has 7 nitrogen and oxygen atoms in total. The van der Waals surface area contributed by atoms with Crippen LogP contribution in [0.25, 0.3) is 0 Å². The highest BCUT2D eigenvalue weighted by molar-refractivity contribution is 5.80. The molecule has 10 heteroatoms. The first-order valence-corrected chi connectivity index (χ1v) is 5.52. The first-order valence-electron chi connectivity index (χ1n) is 5.52. The minimum absolute atomic E-state index is 0.0383. The zero-order valence-corrected chi connectivity index (χ0v) is 10.4. The molecule has 0 fully saturated rings. The number of hydrazone groups is 1. The van der Waals surface area contributed by atoms with Gasteiger partial charge < -0.3 is 10.5 Å². The molecule has 1 aromatic heterocycles. The van der Waals surface area contributed by atoms with Gasteiger partial charge in [0, 0.05) is 0 Å². The number of aromatic nitrogens is 3. The van der Waals surface area contributed by atoms with Crippen molar-refractivity contribution in [1.82, 2.24) is 15.0 Å². The Labute approximate surface area is 116 Å². The molecule has 0 bridgehead atoms. The third-order valence-corrected chi connectivity index (χ3v) is 2.08. The predicted octanol–water partition coefficient (Wildman–Crippen LogP) is 1.80. The van der Waals surface area contributed by atoms with Crippen LogP contribution in [-0.2, 0) is 0 Å². The van der Waals surface area contributed by atoms with Crippen LogP contribution in [0.5, 0.6) is 5.75 Å². The van der Waals surface area contributed by atoms with E-state index >= 15 is 0 Å². The number of halogens is 3. The summed E-state index contributed by atoms with van der Waals surface area (Å²) in [6.07, 6.45) is -2.13. The van der Waals surface area contributed by atoms with Crippen LogP contribution in [0.2, 0.25) is 0 Å². The summed E-state index contributed by atoms with van der Waals surface area (Å²) in [5.41, 5.74) is 8.41. The highest BCUT2D eigenvalue weighted by atomic mass is 19.4. The SMILES string of the molecule is Nc1ncnc(NN=Cc2ccc(OC(F)(F)F)cc2)n1. The fourth-order valence-corrected chi connectivity index (χ4v) is 1.28. The molecule has 0 unspecified atom stereocenters. The van der Waals surface area contributed by atoms with Crippen molar-refractivity contribution >= 4 is 18.1 Å². The maximum absolute atomic E-state index is 12.0. The topological polar surface area (TPSA) is 98.3 Å². The molecule has 0 saturated heterocycles. The number of nitrogen functional groups attached to an aromatic ring is 1. The van der Waals surface area contributed by atoms with Gasteiger partial charge in [0.1, 0.15) is 12.1 Å². The van der Waals surface area contributed by atoms with Gasteiger partial charge in [-0.05, 0) is 29.8 Å². The Hall–Kier alpha value is -2.91. The summed E-state index contributed by atoms with van der Waals surface area (Å²) in [5.74, 6) is -0.120. The van der Waals surface area contributed by atoms with Crippen molar-refractivity contribution in [2.75, 3.05) is 11.2 Å². The molecular formula is C11H9F3N6O. The molecule has 0 spiro atoms. The van der Waals surface area contributed by atoms with Gasteiger partial charge in [0.15, 0.2) is 0 Å². The minimum Gasteiger partial charge on any atom is -0.406 e. The fourth-order valence-electron chi connectivity index (χ4n) is 1.28. The second kappa shape index (κ2) is 6.03. The number of nitrogens with zero attached hydrogens (tertiary/aromatic N) is 4. The molecule has 0 aliphatic carbocycles. The molecule has 0 aliphatic rings. The van der Waals surface area contributed by atoms with Gasteiger partial charge in [-0.2, -0.15) is 15.1 Å². The molecule has 3 N–H and O–H groups in total. The zero-order valence-electron chi connectivity index (χ0n) is 10.4. The van der Waals surface area contributed by atoms with Gasteiger partial charge in [0.05, 0.1) is 6.21 Å². The first kappa shape index (κ1) is 14.5. The Balaban J connectivity index is 1.95. The summed E-state index contributed by atoms with van der Waals surface area (Å²) in [6, 6.07) is 5.17. The molecule has 0 aliphatic heterocycles. The number of hydrogen-bond donors (Lipinski definition) is 2. The Kier molecular flexibility index (Phi) is 4.16. The molecule has 110 valence electrons. The monoisotopic (exact) mass is 298 g/mol. The van der Waals surface area contributed by atoms with Crippen LogP contribution in [0.3, 0.4) is 0 Å². The predicted molar refractivity (Wildman–Crippen MR) is 68.6 cm³/mol. The lowest BCUT2D eigenvalue weighted by atomic mass is 10.2. The number of rotatable bonds is 4. The Morgan fingerprint density at radius 1 is 1.19 bits per heavy atom. The summed E-state index contributed by atoms with van der Waals surface area (Å²) >= 11 is 0. The lowest BCUT2D eigenvalue weighted by molar-refractivity contribution is -0.274. The quantitative estimate of drug-likeness (QED) is 0.659. The normalized spacial score (nSPS) is 11.6.